The smallest absolute Gasteiger partial charge is 0.152 e. The van der Waals surface area contributed by atoms with Gasteiger partial charge in [-0.15, -0.1) is 0 Å². The van der Waals surface area contributed by atoms with Gasteiger partial charge in [0, 0.05) is 18.0 Å². The standard InChI is InChI=1S/C11H21N3O2S/c1-3-5-17(15,16)6-4-14-9-11(8-13-14)7-10(2)12/h8-10H,3-7,12H2,1-2H3. The summed E-state index contributed by atoms with van der Waals surface area (Å²) in [6, 6.07) is 0.0940. The maximum absolute atomic E-state index is 11.5. The van der Waals surface area contributed by atoms with E-state index in [0.717, 1.165) is 12.0 Å². The van der Waals surface area contributed by atoms with Gasteiger partial charge in [-0.1, -0.05) is 6.92 Å². The summed E-state index contributed by atoms with van der Waals surface area (Å²) in [7, 11) is -2.93. The third kappa shape index (κ3) is 5.32. The van der Waals surface area contributed by atoms with Crippen LogP contribution in [0.5, 0.6) is 0 Å². The first kappa shape index (κ1) is 14.2. The molecule has 0 amide bonds. The molecule has 98 valence electrons. The van der Waals surface area contributed by atoms with E-state index >= 15 is 0 Å². The molecule has 0 aliphatic carbocycles. The fraction of sp³-hybridized carbons (Fsp3) is 0.727. The first-order valence-electron chi connectivity index (χ1n) is 5.90. The largest absolute Gasteiger partial charge is 0.328 e. The Morgan fingerprint density at radius 2 is 2.18 bits per heavy atom. The van der Waals surface area contributed by atoms with E-state index in [1.165, 1.54) is 0 Å². The molecule has 0 fully saturated rings. The average molecular weight is 259 g/mol. The van der Waals surface area contributed by atoms with E-state index in [9.17, 15) is 8.42 Å². The van der Waals surface area contributed by atoms with Crippen LogP contribution in [0.1, 0.15) is 25.8 Å². The summed E-state index contributed by atoms with van der Waals surface area (Å²) in [5.74, 6) is 0.404. The fourth-order valence-electron chi connectivity index (χ4n) is 1.65. The topological polar surface area (TPSA) is 78.0 Å². The minimum absolute atomic E-state index is 0.0940. The van der Waals surface area contributed by atoms with E-state index in [-0.39, 0.29) is 17.5 Å². The van der Waals surface area contributed by atoms with Crippen LogP contribution in [0, 0.1) is 0 Å². The lowest BCUT2D eigenvalue weighted by molar-refractivity contribution is 0.579. The van der Waals surface area contributed by atoms with Crippen molar-refractivity contribution in [3.63, 3.8) is 0 Å². The van der Waals surface area contributed by atoms with Crippen molar-refractivity contribution >= 4 is 9.84 Å². The number of hydrogen-bond donors (Lipinski definition) is 1. The summed E-state index contributed by atoms with van der Waals surface area (Å²) in [4.78, 5) is 0. The first-order chi connectivity index (χ1) is 7.93. The van der Waals surface area contributed by atoms with E-state index in [2.05, 4.69) is 5.10 Å². The van der Waals surface area contributed by atoms with Gasteiger partial charge in [-0.3, -0.25) is 4.68 Å². The third-order valence-corrected chi connectivity index (χ3v) is 4.23. The van der Waals surface area contributed by atoms with Crippen LogP contribution in [-0.2, 0) is 22.8 Å². The predicted octanol–water partition coefficient (Wildman–Crippen LogP) is 0.598. The Labute approximate surface area is 103 Å². The highest BCUT2D eigenvalue weighted by Gasteiger charge is 2.10. The number of aromatic nitrogens is 2. The molecule has 0 bridgehead atoms. The zero-order valence-electron chi connectivity index (χ0n) is 10.5. The predicted molar refractivity (Wildman–Crippen MR) is 68.5 cm³/mol. The maximum Gasteiger partial charge on any atom is 0.152 e. The van der Waals surface area contributed by atoms with Gasteiger partial charge in [-0.05, 0) is 25.3 Å². The lowest BCUT2D eigenvalue weighted by Crippen LogP contribution is -2.17. The molecular formula is C11H21N3O2S. The van der Waals surface area contributed by atoms with Crippen molar-refractivity contribution in [3.8, 4) is 0 Å². The van der Waals surface area contributed by atoms with E-state index in [1.54, 1.807) is 10.9 Å². The highest BCUT2D eigenvalue weighted by molar-refractivity contribution is 7.91. The van der Waals surface area contributed by atoms with Gasteiger partial charge >= 0.3 is 0 Å². The molecule has 1 heterocycles. The lowest BCUT2D eigenvalue weighted by Gasteiger charge is -2.03. The monoisotopic (exact) mass is 259 g/mol. The van der Waals surface area contributed by atoms with Crippen LogP contribution in [0.4, 0.5) is 0 Å². The second kappa shape index (κ2) is 6.16. The van der Waals surface area contributed by atoms with Gasteiger partial charge < -0.3 is 5.73 Å². The van der Waals surface area contributed by atoms with Crippen LogP contribution < -0.4 is 5.73 Å². The summed E-state index contributed by atoms with van der Waals surface area (Å²) < 4.78 is 24.7. The van der Waals surface area contributed by atoms with Gasteiger partial charge in [-0.2, -0.15) is 5.10 Å². The number of hydrogen-bond acceptors (Lipinski definition) is 4. The van der Waals surface area contributed by atoms with Gasteiger partial charge in [0.05, 0.1) is 18.5 Å². The number of aryl methyl sites for hydroxylation is 1. The first-order valence-corrected chi connectivity index (χ1v) is 7.72. The van der Waals surface area contributed by atoms with Gasteiger partial charge in [0.1, 0.15) is 0 Å². The summed E-state index contributed by atoms with van der Waals surface area (Å²) >= 11 is 0. The van der Waals surface area contributed by atoms with Crippen LogP contribution in [-0.4, -0.2) is 35.7 Å². The van der Waals surface area contributed by atoms with Crippen molar-refractivity contribution in [2.75, 3.05) is 11.5 Å². The zero-order valence-corrected chi connectivity index (χ0v) is 11.3. The molecule has 0 radical (unpaired) electrons. The molecule has 0 aromatic carbocycles. The van der Waals surface area contributed by atoms with Crippen LogP contribution >= 0.6 is 0 Å². The number of rotatable bonds is 7. The Kier molecular flexibility index (Phi) is 5.14. The molecule has 0 saturated heterocycles. The van der Waals surface area contributed by atoms with E-state index in [4.69, 9.17) is 5.73 Å². The molecule has 17 heavy (non-hydrogen) atoms. The Bertz CT molecular complexity index is 437. The minimum atomic E-state index is -2.93. The van der Waals surface area contributed by atoms with Crippen molar-refractivity contribution in [2.24, 2.45) is 5.73 Å². The third-order valence-electron chi connectivity index (χ3n) is 2.39. The normalized spacial score (nSPS) is 13.8. The number of nitrogens with zero attached hydrogens (tertiary/aromatic N) is 2. The molecule has 6 heteroatoms. The molecule has 5 nitrogen and oxygen atoms in total. The quantitative estimate of drug-likeness (QED) is 0.777. The molecule has 1 atom stereocenters. The molecule has 2 N–H and O–H groups in total. The lowest BCUT2D eigenvalue weighted by atomic mass is 10.1. The summed E-state index contributed by atoms with van der Waals surface area (Å²) in [5.41, 5.74) is 6.73. The number of sulfone groups is 1. The van der Waals surface area contributed by atoms with Gasteiger partial charge in [0.25, 0.3) is 0 Å². The summed E-state index contributed by atoms with van der Waals surface area (Å²) in [5, 5.41) is 4.13. The van der Waals surface area contributed by atoms with Gasteiger partial charge in [-0.25, -0.2) is 8.42 Å². The molecule has 0 saturated carbocycles. The Hall–Kier alpha value is -0.880. The van der Waals surface area contributed by atoms with Crippen LogP contribution in [0.2, 0.25) is 0 Å². The molecule has 1 unspecified atom stereocenters. The van der Waals surface area contributed by atoms with Crippen molar-refractivity contribution in [1.29, 1.82) is 0 Å². The highest BCUT2D eigenvalue weighted by atomic mass is 32.2. The Morgan fingerprint density at radius 3 is 2.76 bits per heavy atom. The van der Waals surface area contributed by atoms with E-state index in [1.807, 2.05) is 20.0 Å². The molecule has 1 aromatic heterocycles. The zero-order chi connectivity index (χ0) is 12.9. The van der Waals surface area contributed by atoms with Crippen LogP contribution in [0.3, 0.4) is 0 Å². The molecule has 0 aliphatic heterocycles. The Morgan fingerprint density at radius 1 is 1.47 bits per heavy atom. The van der Waals surface area contributed by atoms with E-state index < -0.39 is 9.84 Å². The van der Waals surface area contributed by atoms with Crippen molar-refractivity contribution < 1.29 is 8.42 Å². The van der Waals surface area contributed by atoms with Crippen LogP contribution in [0.15, 0.2) is 12.4 Å². The highest BCUT2D eigenvalue weighted by Crippen LogP contribution is 2.02. The van der Waals surface area contributed by atoms with E-state index in [0.29, 0.717) is 13.0 Å². The molecule has 0 aliphatic rings. The van der Waals surface area contributed by atoms with Gasteiger partial charge in [0.2, 0.25) is 0 Å². The molecule has 0 spiro atoms. The number of nitrogens with two attached hydrogens (primary N) is 1. The fourth-order valence-corrected chi connectivity index (χ4v) is 2.94. The molecule has 1 rings (SSSR count). The van der Waals surface area contributed by atoms with Crippen molar-refractivity contribution in [1.82, 2.24) is 9.78 Å². The summed E-state index contributed by atoms with van der Waals surface area (Å²) in [6.45, 7) is 4.22. The summed E-state index contributed by atoms with van der Waals surface area (Å²) in [6.07, 6.45) is 5.04. The van der Waals surface area contributed by atoms with Crippen molar-refractivity contribution in [3.05, 3.63) is 18.0 Å². The van der Waals surface area contributed by atoms with Crippen molar-refractivity contribution in [2.45, 2.75) is 39.3 Å². The van der Waals surface area contributed by atoms with Crippen LogP contribution in [0.25, 0.3) is 0 Å². The maximum atomic E-state index is 11.5. The molecular weight excluding hydrogens is 238 g/mol. The second-order valence-corrected chi connectivity index (χ2v) is 6.75. The second-order valence-electron chi connectivity index (χ2n) is 4.44. The SMILES string of the molecule is CCCS(=O)(=O)CCn1cc(CC(C)N)cn1. The Balaban J connectivity index is 2.50. The van der Waals surface area contributed by atoms with Gasteiger partial charge in [0.15, 0.2) is 9.84 Å². The minimum Gasteiger partial charge on any atom is -0.328 e. The molecule has 1 aromatic rings. The average Bonchev–Trinajstić information content (AvgIpc) is 2.62.